The van der Waals surface area contributed by atoms with E-state index < -0.39 is 17.8 Å². The zero-order chi connectivity index (χ0) is 24.3. The molecule has 0 aliphatic heterocycles. The van der Waals surface area contributed by atoms with Crippen LogP contribution in [0.4, 0.5) is 4.39 Å². The number of halogens is 1. The van der Waals surface area contributed by atoms with Gasteiger partial charge in [0.25, 0.3) is 5.91 Å². The van der Waals surface area contributed by atoms with Gasteiger partial charge in [0.2, 0.25) is 5.91 Å². The molecule has 5 nitrogen and oxygen atoms in total. The smallest absolute Gasteiger partial charge is 0.261 e. The van der Waals surface area contributed by atoms with Gasteiger partial charge in [0.15, 0.2) is 18.2 Å². The van der Waals surface area contributed by atoms with Crippen LogP contribution in [0.1, 0.15) is 30.0 Å². The first-order chi connectivity index (χ1) is 16.5. The van der Waals surface area contributed by atoms with Crippen LogP contribution in [0.3, 0.4) is 0 Å². The van der Waals surface area contributed by atoms with Crippen LogP contribution in [0.25, 0.3) is 0 Å². The highest BCUT2D eigenvalue weighted by atomic mass is 19.1. The lowest BCUT2D eigenvalue weighted by molar-refractivity contribution is -0.142. The van der Waals surface area contributed by atoms with Gasteiger partial charge in [0, 0.05) is 19.5 Å². The standard InChI is InChI=1S/C28H31FN2O3/c1-3-16-30-28(33)25(18-22-11-5-4-6-12-22)31(19-23-13-9-10-21(2)17-23)27(32)20-34-26-15-8-7-14-24(26)29/h4-15,17,25H,3,16,18-20H2,1-2H3,(H,30,33)/t25-/m0/s1. The van der Waals surface area contributed by atoms with E-state index in [1.807, 2.05) is 68.4 Å². The van der Waals surface area contributed by atoms with Crippen LogP contribution in [0.15, 0.2) is 78.9 Å². The van der Waals surface area contributed by atoms with Crippen molar-refractivity contribution in [3.63, 3.8) is 0 Å². The normalized spacial score (nSPS) is 11.5. The number of carbonyl (C=O) groups excluding carboxylic acids is 2. The van der Waals surface area contributed by atoms with Gasteiger partial charge in [0.05, 0.1) is 0 Å². The fourth-order valence-corrected chi connectivity index (χ4v) is 3.71. The second kappa shape index (κ2) is 12.5. The molecule has 6 heteroatoms. The highest BCUT2D eigenvalue weighted by Gasteiger charge is 2.30. The summed E-state index contributed by atoms with van der Waals surface area (Å²) >= 11 is 0. The zero-order valence-corrected chi connectivity index (χ0v) is 19.7. The molecule has 1 N–H and O–H groups in total. The van der Waals surface area contributed by atoms with Crippen molar-refractivity contribution in [1.82, 2.24) is 10.2 Å². The molecule has 0 unspecified atom stereocenters. The molecule has 178 valence electrons. The van der Waals surface area contributed by atoms with Crippen LogP contribution in [0, 0.1) is 12.7 Å². The summed E-state index contributed by atoms with van der Waals surface area (Å²) in [5.74, 6) is -1.15. The van der Waals surface area contributed by atoms with Crippen LogP contribution in [-0.2, 0) is 22.6 Å². The highest BCUT2D eigenvalue weighted by Crippen LogP contribution is 2.18. The number of benzene rings is 3. The van der Waals surface area contributed by atoms with Crippen molar-refractivity contribution in [2.75, 3.05) is 13.2 Å². The number of rotatable bonds is 11. The molecule has 3 aromatic carbocycles. The first kappa shape index (κ1) is 25.0. The number of aryl methyl sites for hydroxylation is 1. The summed E-state index contributed by atoms with van der Waals surface area (Å²) in [5.41, 5.74) is 2.90. The monoisotopic (exact) mass is 462 g/mol. The molecule has 0 saturated carbocycles. The summed E-state index contributed by atoms with van der Waals surface area (Å²) in [5, 5.41) is 2.93. The Kier molecular flexibility index (Phi) is 9.21. The number of carbonyl (C=O) groups is 2. The molecule has 0 fully saturated rings. The van der Waals surface area contributed by atoms with Crippen LogP contribution in [0.2, 0.25) is 0 Å². The maximum Gasteiger partial charge on any atom is 0.261 e. The maximum atomic E-state index is 14.0. The maximum absolute atomic E-state index is 14.0. The van der Waals surface area contributed by atoms with E-state index in [0.29, 0.717) is 13.0 Å². The van der Waals surface area contributed by atoms with Crippen molar-refractivity contribution in [1.29, 1.82) is 0 Å². The highest BCUT2D eigenvalue weighted by molar-refractivity contribution is 5.88. The minimum atomic E-state index is -0.744. The fourth-order valence-electron chi connectivity index (χ4n) is 3.71. The average molecular weight is 463 g/mol. The Hall–Kier alpha value is -3.67. The predicted molar refractivity (Wildman–Crippen MR) is 131 cm³/mol. The van der Waals surface area contributed by atoms with E-state index in [0.717, 1.165) is 23.1 Å². The van der Waals surface area contributed by atoms with Crippen molar-refractivity contribution in [3.05, 3.63) is 101 Å². The van der Waals surface area contributed by atoms with Gasteiger partial charge in [-0.05, 0) is 36.6 Å². The lowest BCUT2D eigenvalue weighted by atomic mass is 10.0. The Morgan fingerprint density at radius 1 is 0.971 bits per heavy atom. The molecule has 0 spiro atoms. The molecule has 0 saturated heterocycles. The van der Waals surface area contributed by atoms with Crippen molar-refractivity contribution < 1.29 is 18.7 Å². The number of amides is 2. The molecule has 0 heterocycles. The van der Waals surface area contributed by atoms with Gasteiger partial charge >= 0.3 is 0 Å². The average Bonchev–Trinajstić information content (AvgIpc) is 2.84. The van der Waals surface area contributed by atoms with Crippen LogP contribution < -0.4 is 10.1 Å². The molecule has 0 bridgehead atoms. The molecule has 0 aromatic heterocycles. The number of hydrogen-bond donors (Lipinski definition) is 1. The van der Waals surface area contributed by atoms with E-state index in [4.69, 9.17) is 4.74 Å². The quantitative estimate of drug-likeness (QED) is 0.450. The largest absolute Gasteiger partial charge is 0.481 e. The Morgan fingerprint density at radius 3 is 2.38 bits per heavy atom. The molecule has 34 heavy (non-hydrogen) atoms. The molecule has 0 aliphatic carbocycles. The van der Waals surface area contributed by atoms with E-state index in [1.165, 1.54) is 17.0 Å². The minimum absolute atomic E-state index is 0.00130. The molecule has 3 aromatic rings. The van der Waals surface area contributed by atoms with Gasteiger partial charge in [-0.25, -0.2) is 4.39 Å². The second-order valence-electron chi connectivity index (χ2n) is 8.23. The minimum Gasteiger partial charge on any atom is -0.481 e. The summed E-state index contributed by atoms with van der Waals surface area (Å²) in [7, 11) is 0. The third kappa shape index (κ3) is 7.17. The van der Waals surface area contributed by atoms with E-state index in [1.54, 1.807) is 12.1 Å². The van der Waals surface area contributed by atoms with Crippen molar-refractivity contribution in [3.8, 4) is 5.75 Å². The van der Waals surface area contributed by atoms with Gasteiger partial charge in [0.1, 0.15) is 6.04 Å². The fraction of sp³-hybridized carbons (Fsp3) is 0.286. The Bertz CT molecular complexity index is 1090. The third-order valence-corrected chi connectivity index (χ3v) is 5.44. The van der Waals surface area contributed by atoms with Crippen molar-refractivity contribution in [2.45, 2.75) is 39.3 Å². The molecule has 0 radical (unpaired) electrons. The van der Waals surface area contributed by atoms with Crippen molar-refractivity contribution >= 4 is 11.8 Å². The number of nitrogens with zero attached hydrogens (tertiary/aromatic N) is 1. The number of ether oxygens (including phenoxy) is 1. The van der Waals surface area contributed by atoms with Crippen LogP contribution >= 0.6 is 0 Å². The van der Waals surface area contributed by atoms with Gasteiger partial charge in [-0.15, -0.1) is 0 Å². The first-order valence-corrected chi connectivity index (χ1v) is 11.5. The molecule has 2 amide bonds. The first-order valence-electron chi connectivity index (χ1n) is 11.5. The Balaban J connectivity index is 1.90. The summed E-state index contributed by atoms with van der Waals surface area (Å²) < 4.78 is 19.5. The number of para-hydroxylation sites is 1. The van der Waals surface area contributed by atoms with E-state index in [-0.39, 0.29) is 24.8 Å². The van der Waals surface area contributed by atoms with E-state index in [2.05, 4.69) is 5.32 Å². The zero-order valence-electron chi connectivity index (χ0n) is 19.7. The SMILES string of the molecule is CCCNC(=O)[C@H](Cc1ccccc1)N(Cc1cccc(C)c1)C(=O)COc1ccccc1F. The second-order valence-corrected chi connectivity index (χ2v) is 8.23. The van der Waals surface area contributed by atoms with E-state index in [9.17, 15) is 14.0 Å². The van der Waals surface area contributed by atoms with Gasteiger partial charge in [-0.2, -0.15) is 0 Å². The lowest BCUT2D eigenvalue weighted by Crippen LogP contribution is -2.51. The molecular formula is C28H31FN2O3. The molecule has 1 atom stereocenters. The summed E-state index contributed by atoms with van der Waals surface area (Å²) in [6.07, 6.45) is 1.14. The number of nitrogens with one attached hydrogen (secondary N) is 1. The summed E-state index contributed by atoms with van der Waals surface area (Å²) in [4.78, 5) is 28.2. The van der Waals surface area contributed by atoms with Crippen LogP contribution in [0.5, 0.6) is 5.75 Å². The van der Waals surface area contributed by atoms with Gasteiger partial charge in [-0.1, -0.05) is 79.2 Å². The number of hydrogen-bond acceptors (Lipinski definition) is 3. The molecular weight excluding hydrogens is 431 g/mol. The van der Waals surface area contributed by atoms with Gasteiger partial charge in [-0.3, -0.25) is 9.59 Å². The van der Waals surface area contributed by atoms with Crippen molar-refractivity contribution in [2.24, 2.45) is 0 Å². The van der Waals surface area contributed by atoms with Gasteiger partial charge < -0.3 is 15.0 Å². The Labute approximate surface area is 200 Å². The summed E-state index contributed by atoms with van der Waals surface area (Å²) in [6, 6.07) is 22.6. The topological polar surface area (TPSA) is 58.6 Å². The van der Waals surface area contributed by atoms with E-state index >= 15 is 0 Å². The Morgan fingerprint density at radius 2 is 1.68 bits per heavy atom. The molecule has 0 aliphatic rings. The third-order valence-electron chi connectivity index (χ3n) is 5.44. The lowest BCUT2D eigenvalue weighted by Gasteiger charge is -2.31. The summed E-state index contributed by atoms with van der Waals surface area (Å²) in [6.45, 7) is 4.33. The van der Waals surface area contributed by atoms with Crippen LogP contribution in [-0.4, -0.2) is 35.9 Å². The molecule has 3 rings (SSSR count). The predicted octanol–water partition coefficient (Wildman–Crippen LogP) is 4.68.